The van der Waals surface area contributed by atoms with Crippen molar-refractivity contribution >= 4 is 17.3 Å². The first-order valence-corrected chi connectivity index (χ1v) is 10.7. The van der Waals surface area contributed by atoms with Crippen LogP contribution >= 0.6 is 0 Å². The van der Waals surface area contributed by atoms with Crippen molar-refractivity contribution in [3.05, 3.63) is 90.4 Å². The van der Waals surface area contributed by atoms with Gasteiger partial charge in [-0.05, 0) is 66.1 Å². The van der Waals surface area contributed by atoms with Gasteiger partial charge in [-0.2, -0.15) is 18.2 Å². The average molecular weight is 475 g/mol. The molecule has 0 spiro atoms. The molecule has 0 aliphatic heterocycles. The lowest BCUT2D eigenvalue weighted by Gasteiger charge is -2.12. The van der Waals surface area contributed by atoms with Gasteiger partial charge in [-0.1, -0.05) is 18.2 Å². The van der Waals surface area contributed by atoms with Crippen LogP contribution < -0.4 is 10.1 Å². The second-order valence-electron chi connectivity index (χ2n) is 7.92. The van der Waals surface area contributed by atoms with E-state index in [4.69, 9.17) is 4.74 Å². The summed E-state index contributed by atoms with van der Waals surface area (Å²) >= 11 is 0. The van der Waals surface area contributed by atoms with Crippen molar-refractivity contribution in [2.75, 3.05) is 12.4 Å². The molecule has 3 aromatic heterocycles. The minimum atomic E-state index is -4.46. The summed E-state index contributed by atoms with van der Waals surface area (Å²) < 4.78 is 47.5. The number of fused-ring (bicyclic) bond motifs is 1. The van der Waals surface area contributed by atoms with Gasteiger partial charge in [-0.25, -0.2) is 4.52 Å². The van der Waals surface area contributed by atoms with Gasteiger partial charge in [0, 0.05) is 35.4 Å². The highest BCUT2D eigenvalue weighted by atomic mass is 19.4. The number of anilines is 2. The molecule has 3 heterocycles. The Hall–Kier alpha value is -4.40. The standard InChI is InChI=1S/C26H20F3N5O/c1-16-13-17(9-11-30-16)21-8-7-19(15-23(21)35-2)31-25-32-24-14-18(10-12-34(24)33-25)20-5-3-4-6-22(20)26(27,28)29/h3-15H,1-2H3,(H,31,33). The number of hydrogen-bond donors (Lipinski definition) is 1. The van der Waals surface area contributed by atoms with Gasteiger partial charge in [0.05, 0.1) is 12.7 Å². The first-order valence-electron chi connectivity index (χ1n) is 10.7. The molecule has 9 heteroatoms. The molecule has 0 aliphatic rings. The van der Waals surface area contributed by atoms with E-state index in [1.54, 1.807) is 37.7 Å². The maximum absolute atomic E-state index is 13.5. The molecule has 0 saturated heterocycles. The van der Waals surface area contributed by atoms with Crippen molar-refractivity contribution in [3.63, 3.8) is 0 Å². The van der Waals surface area contributed by atoms with Crippen LogP contribution in [0.5, 0.6) is 5.75 Å². The first-order chi connectivity index (χ1) is 16.8. The summed E-state index contributed by atoms with van der Waals surface area (Å²) in [4.78, 5) is 8.67. The highest BCUT2D eigenvalue weighted by molar-refractivity contribution is 5.75. The van der Waals surface area contributed by atoms with Gasteiger partial charge in [0.1, 0.15) is 5.75 Å². The Morgan fingerprint density at radius 3 is 2.49 bits per heavy atom. The van der Waals surface area contributed by atoms with Crippen LogP contribution in [-0.4, -0.2) is 26.7 Å². The molecule has 0 aliphatic carbocycles. The lowest BCUT2D eigenvalue weighted by molar-refractivity contribution is -0.137. The summed E-state index contributed by atoms with van der Waals surface area (Å²) in [5.74, 6) is 0.969. The normalized spacial score (nSPS) is 11.6. The lowest BCUT2D eigenvalue weighted by Crippen LogP contribution is -2.06. The number of alkyl halides is 3. The summed E-state index contributed by atoms with van der Waals surface area (Å²) in [6.45, 7) is 1.92. The monoisotopic (exact) mass is 475 g/mol. The summed E-state index contributed by atoms with van der Waals surface area (Å²) in [6, 6.07) is 18.2. The summed E-state index contributed by atoms with van der Waals surface area (Å²) in [5, 5.41) is 7.52. The fourth-order valence-corrected chi connectivity index (χ4v) is 3.93. The maximum Gasteiger partial charge on any atom is 0.417 e. The Kier molecular flexibility index (Phi) is 5.60. The molecule has 6 nitrogen and oxygen atoms in total. The third-order valence-corrected chi connectivity index (χ3v) is 5.55. The van der Waals surface area contributed by atoms with E-state index in [-0.39, 0.29) is 5.56 Å². The lowest BCUT2D eigenvalue weighted by atomic mass is 10.0. The van der Waals surface area contributed by atoms with E-state index in [9.17, 15) is 13.2 Å². The molecule has 2 aromatic carbocycles. The zero-order chi connectivity index (χ0) is 24.6. The Morgan fingerprint density at radius 2 is 1.71 bits per heavy atom. The number of benzene rings is 2. The highest BCUT2D eigenvalue weighted by Crippen LogP contribution is 2.37. The smallest absolute Gasteiger partial charge is 0.417 e. The number of aryl methyl sites for hydroxylation is 1. The van der Waals surface area contributed by atoms with Crippen molar-refractivity contribution in [2.45, 2.75) is 13.1 Å². The van der Waals surface area contributed by atoms with Crippen LogP contribution in [0.4, 0.5) is 24.8 Å². The highest BCUT2D eigenvalue weighted by Gasteiger charge is 2.33. The SMILES string of the molecule is COc1cc(Nc2nc3cc(-c4ccccc4C(F)(F)F)ccn3n2)ccc1-c1ccnc(C)c1. The van der Waals surface area contributed by atoms with Crippen LogP contribution in [0.25, 0.3) is 27.9 Å². The topological polar surface area (TPSA) is 64.3 Å². The van der Waals surface area contributed by atoms with E-state index in [0.717, 1.165) is 22.9 Å². The van der Waals surface area contributed by atoms with Gasteiger partial charge < -0.3 is 10.1 Å². The Morgan fingerprint density at radius 1 is 0.914 bits per heavy atom. The van der Waals surface area contributed by atoms with Crippen molar-refractivity contribution in [2.24, 2.45) is 0 Å². The second-order valence-corrected chi connectivity index (χ2v) is 7.92. The first kappa shape index (κ1) is 22.4. The van der Waals surface area contributed by atoms with Crippen LogP contribution in [0.1, 0.15) is 11.3 Å². The van der Waals surface area contributed by atoms with E-state index in [2.05, 4.69) is 20.4 Å². The number of nitrogens with zero attached hydrogens (tertiary/aromatic N) is 4. The predicted molar refractivity (Wildman–Crippen MR) is 128 cm³/mol. The third kappa shape index (κ3) is 4.52. The molecule has 176 valence electrons. The van der Waals surface area contributed by atoms with Crippen molar-refractivity contribution in [1.29, 1.82) is 0 Å². The molecule has 0 radical (unpaired) electrons. The number of nitrogens with one attached hydrogen (secondary N) is 1. The number of hydrogen-bond acceptors (Lipinski definition) is 5. The fourth-order valence-electron chi connectivity index (χ4n) is 3.93. The zero-order valence-corrected chi connectivity index (χ0v) is 18.8. The van der Waals surface area contributed by atoms with Gasteiger partial charge in [0.25, 0.3) is 0 Å². The van der Waals surface area contributed by atoms with Crippen LogP contribution in [0.15, 0.2) is 79.1 Å². The van der Waals surface area contributed by atoms with Crippen LogP contribution in [0, 0.1) is 6.92 Å². The summed E-state index contributed by atoms with van der Waals surface area (Å²) in [5.41, 5.74) is 3.72. The van der Waals surface area contributed by atoms with Crippen LogP contribution in [0.3, 0.4) is 0 Å². The molecular formula is C26H20F3N5O. The quantitative estimate of drug-likeness (QED) is 0.313. The Labute approximate surface area is 199 Å². The number of halogens is 3. The summed E-state index contributed by atoms with van der Waals surface area (Å²) in [6.07, 6.45) is -1.12. The van der Waals surface area contributed by atoms with Crippen LogP contribution in [-0.2, 0) is 6.18 Å². The average Bonchev–Trinajstić information content (AvgIpc) is 3.25. The molecule has 0 bridgehead atoms. The molecule has 35 heavy (non-hydrogen) atoms. The van der Waals surface area contributed by atoms with E-state index < -0.39 is 11.7 Å². The summed E-state index contributed by atoms with van der Waals surface area (Å²) in [7, 11) is 1.60. The number of rotatable bonds is 5. The minimum absolute atomic E-state index is 0.0895. The molecular weight excluding hydrogens is 455 g/mol. The van der Waals surface area contributed by atoms with E-state index in [0.29, 0.717) is 28.6 Å². The molecule has 0 saturated carbocycles. The maximum atomic E-state index is 13.5. The fraction of sp³-hybridized carbons (Fsp3) is 0.115. The molecule has 1 N–H and O–H groups in total. The van der Waals surface area contributed by atoms with Gasteiger partial charge >= 0.3 is 6.18 Å². The van der Waals surface area contributed by atoms with Crippen molar-refractivity contribution in [3.8, 4) is 28.0 Å². The van der Waals surface area contributed by atoms with Crippen molar-refractivity contribution in [1.82, 2.24) is 19.6 Å². The van der Waals surface area contributed by atoms with Crippen molar-refractivity contribution < 1.29 is 17.9 Å². The molecule has 0 fully saturated rings. The van der Waals surface area contributed by atoms with Crippen LogP contribution in [0.2, 0.25) is 0 Å². The minimum Gasteiger partial charge on any atom is -0.496 e. The number of pyridine rings is 2. The number of ether oxygens (including phenoxy) is 1. The largest absolute Gasteiger partial charge is 0.496 e. The van der Waals surface area contributed by atoms with Gasteiger partial charge in [-0.3, -0.25) is 4.98 Å². The number of aromatic nitrogens is 4. The Bertz CT molecular complexity index is 1530. The zero-order valence-electron chi connectivity index (χ0n) is 18.8. The van der Waals surface area contributed by atoms with E-state index >= 15 is 0 Å². The number of methoxy groups -OCH3 is 1. The van der Waals surface area contributed by atoms with Gasteiger partial charge in [0.15, 0.2) is 5.65 Å². The third-order valence-electron chi connectivity index (χ3n) is 5.55. The molecule has 0 amide bonds. The van der Waals surface area contributed by atoms with Gasteiger partial charge in [0.2, 0.25) is 5.95 Å². The molecule has 5 rings (SSSR count). The predicted octanol–water partition coefficient (Wildman–Crippen LogP) is 6.54. The van der Waals surface area contributed by atoms with E-state index in [1.165, 1.54) is 16.6 Å². The molecule has 0 unspecified atom stereocenters. The van der Waals surface area contributed by atoms with E-state index in [1.807, 2.05) is 37.3 Å². The Balaban J connectivity index is 1.45. The molecule has 0 atom stereocenters. The van der Waals surface area contributed by atoms with Gasteiger partial charge in [-0.15, -0.1) is 5.10 Å². The molecule has 5 aromatic rings. The second kappa shape index (κ2) is 8.75.